The van der Waals surface area contributed by atoms with E-state index in [1.54, 1.807) is 6.08 Å². The second kappa shape index (κ2) is 5.72. The Morgan fingerprint density at radius 2 is 1.92 bits per heavy atom. The van der Waals surface area contributed by atoms with Crippen LogP contribution in [0.3, 0.4) is 0 Å². The zero-order chi connectivity index (χ0) is 9.56. The molecule has 2 heteroatoms. The first kappa shape index (κ1) is 11.1. The van der Waals surface area contributed by atoms with Crippen LogP contribution in [0.1, 0.15) is 20.3 Å². The molecule has 0 saturated heterocycles. The second-order valence-corrected chi connectivity index (χ2v) is 2.56. The molecule has 0 atom stereocenters. The predicted octanol–water partition coefficient (Wildman–Crippen LogP) is 2.96. The maximum absolute atomic E-state index is 4.96. The Balaban J connectivity index is 0.000000561. The van der Waals surface area contributed by atoms with Crippen molar-refractivity contribution in [1.82, 2.24) is 5.32 Å². The summed E-state index contributed by atoms with van der Waals surface area (Å²) in [5.41, 5.74) is 2.14. The molecule has 1 heterocycles. The smallest absolute Gasteiger partial charge is 0.0842 e. The van der Waals surface area contributed by atoms with Gasteiger partial charge < -0.3 is 5.32 Å². The molecule has 0 aliphatic carbocycles. The van der Waals surface area contributed by atoms with Crippen LogP contribution in [0, 0.1) is 0 Å². The summed E-state index contributed by atoms with van der Waals surface area (Å²) in [5.74, 6) is 0. The Hall–Kier alpha value is -0.890. The van der Waals surface area contributed by atoms with Crippen LogP contribution >= 0.6 is 12.2 Å². The molecule has 0 amide bonds. The number of hydrogen-bond donors (Lipinski definition) is 1. The first-order chi connectivity index (χ1) is 5.77. The van der Waals surface area contributed by atoms with Gasteiger partial charge in [0.25, 0.3) is 0 Å². The molecule has 1 aliphatic heterocycles. The van der Waals surface area contributed by atoms with Crippen LogP contribution in [0.2, 0.25) is 0 Å². The molecule has 0 unspecified atom stereocenters. The van der Waals surface area contributed by atoms with Crippen LogP contribution in [0.15, 0.2) is 36.6 Å². The highest BCUT2D eigenvalue weighted by Gasteiger charge is 2.11. The van der Waals surface area contributed by atoms with E-state index in [1.807, 2.05) is 19.9 Å². The third-order valence-corrected chi connectivity index (χ3v) is 1.67. The summed E-state index contributed by atoms with van der Waals surface area (Å²) in [4.78, 5) is 0.852. The van der Waals surface area contributed by atoms with Crippen molar-refractivity contribution < 1.29 is 0 Å². The lowest BCUT2D eigenvalue weighted by atomic mass is 10.2. The van der Waals surface area contributed by atoms with Crippen LogP contribution < -0.4 is 5.32 Å². The summed E-state index contributed by atoms with van der Waals surface area (Å²) in [6.45, 7) is 11.3. The summed E-state index contributed by atoms with van der Waals surface area (Å²) in [5, 5.41) is 3.03. The van der Waals surface area contributed by atoms with Crippen LogP contribution in [0.25, 0.3) is 0 Å². The number of nitrogens with one attached hydrogen (secondary N) is 1. The fourth-order valence-corrected chi connectivity index (χ4v) is 1.17. The van der Waals surface area contributed by atoms with Gasteiger partial charge in [-0.2, -0.15) is 0 Å². The van der Waals surface area contributed by atoms with E-state index in [0.717, 1.165) is 22.7 Å². The number of thiocarbonyl (C=S) groups is 1. The fraction of sp³-hybridized carbons (Fsp3) is 0.300. The van der Waals surface area contributed by atoms with E-state index < -0.39 is 0 Å². The molecule has 0 radical (unpaired) electrons. The summed E-state index contributed by atoms with van der Waals surface area (Å²) < 4.78 is 0. The Labute approximate surface area is 79.9 Å². The highest BCUT2D eigenvalue weighted by molar-refractivity contribution is 7.80. The molecule has 1 aliphatic rings. The van der Waals surface area contributed by atoms with Crippen molar-refractivity contribution in [3.8, 4) is 0 Å². The average molecular weight is 181 g/mol. The van der Waals surface area contributed by atoms with Crippen LogP contribution in [-0.4, -0.2) is 4.99 Å². The quantitative estimate of drug-likeness (QED) is 0.657. The minimum Gasteiger partial charge on any atom is -0.350 e. The zero-order valence-corrected chi connectivity index (χ0v) is 8.50. The van der Waals surface area contributed by atoms with Crippen LogP contribution in [0.4, 0.5) is 0 Å². The molecule has 0 spiro atoms. The lowest BCUT2D eigenvalue weighted by Crippen LogP contribution is -2.11. The Morgan fingerprint density at radius 3 is 2.25 bits per heavy atom. The van der Waals surface area contributed by atoms with E-state index >= 15 is 0 Å². The molecule has 1 nitrogen and oxygen atoms in total. The van der Waals surface area contributed by atoms with Crippen LogP contribution in [0.5, 0.6) is 0 Å². The van der Waals surface area contributed by atoms with Gasteiger partial charge in [-0.1, -0.05) is 45.3 Å². The van der Waals surface area contributed by atoms with Crippen molar-refractivity contribution >= 4 is 17.2 Å². The van der Waals surface area contributed by atoms with Gasteiger partial charge in [-0.05, 0) is 11.6 Å². The van der Waals surface area contributed by atoms with Crippen molar-refractivity contribution in [3.05, 3.63) is 36.6 Å². The summed E-state index contributed by atoms with van der Waals surface area (Å²) in [7, 11) is 0. The minimum atomic E-state index is 0.806. The third kappa shape index (κ3) is 2.62. The summed E-state index contributed by atoms with van der Waals surface area (Å²) >= 11 is 4.96. The molecule has 0 aromatic rings. The number of rotatable bonds is 2. The molecule has 0 saturated carbocycles. The topological polar surface area (TPSA) is 12.0 Å². The van der Waals surface area contributed by atoms with Gasteiger partial charge in [-0.3, -0.25) is 0 Å². The van der Waals surface area contributed by atoms with E-state index in [4.69, 9.17) is 12.2 Å². The molecule has 0 fully saturated rings. The first-order valence-electron chi connectivity index (χ1n) is 4.06. The van der Waals surface area contributed by atoms with Gasteiger partial charge in [-0.25, -0.2) is 0 Å². The monoisotopic (exact) mass is 181 g/mol. The van der Waals surface area contributed by atoms with Gasteiger partial charge in [0, 0.05) is 12.1 Å². The lowest BCUT2D eigenvalue weighted by Gasteiger charge is -1.94. The SMILES string of the molecule is C=CC1=C(C=C)NC(=S)C1.CC. The highest BCUT2D eigenvalue weighted by atomic mass is 32.1. The maximum atomic E-state index is 4.96. The third-order valence-electron chi connectivity index (χ3n) is 1.42. The molecule has 0 bridgehead atoms. The highest BCUT2D eigenvalue weighted by Crippen LogP contribution is 2.16. The maximum Gasteiger partial charge on any atom is 0.0842 e. The summed E-state index contributed by atoms with van der Waals surface area (Å²) in [6, 6.07) is 0. The molecule has 0 aromatic heterocycles. The number of allylic oxidation sites excluding steroid dienone is 2. The fourth-order valence-electron chi connectivity index (χ4n) is 0.907. The molecule has 1 rings (SSSR count). The van der Waals surface area contributed by atoms with Crippen molar-refractivity contribution in [2.24, 2.45) is 0 Å². The van der Waals surface area contributed by atoms with Crippen molar-refractivity contribution in [3.63, 3.8) is 0 Å². The van der Waals surface area contributed by atoms with Crippen molar-refractivity contribution in [2.45, 2.75) is 20.3 Å². The van der Waals surface area contributed by atoms with Gasteiger partial charge in [-0.15, -0.1) is 0 Å². The Bertz CT molecular complexity index is 204. The van der Waals surface area contributed by atoms with Gasteiger partial charge in [0.05, 0.1) is 4.99 Å². The van der Waals surface area contributed by atoms with E-state index in [9.17, 15) is 0 Å². The lowest BCUT2D eigenvalue weighted by molar-refractivity contribution is 1.24. The largest absolute Gasteiger partial charge is 0.350 e. The minimum absolute atomic E-state index is 0.806. The Kier molecular flexibility index (Phi) is 5.30. The van der Waals surface area contributed by atoms with E-state index in [-0.39, 0.29) is 0 Å². The normalized spacial score (nSPS) is 14.7. The molecule has 66 valence electrons. The predicted molar refractivity (Wildman–Crippen MR) is 59.1 cm³/mol. The molecule has 0 aromatic carbocycles. The van der Waals surface area contributed by atoms with Crippen LogP contribution in [-0.2, 0) is 0 Å². The van der Waals surface area contributed by atoms with Gasteiger partial charge >= 0.3 is 0 Å². The molecule has 1 N–H and O–H groups in total. The second-order valence-electron chi connectivity index (χ2n) is 2.07. The van der Waals surface area contributed by atoms with Gasteiger partial charge in [0.15, 0.2) is 0 Å². The first-order valence-corrected chi connectivity index (χ1v) is 4.46. The van der Waals surface area contributed by atoms with Gasteiger partial charge in [0.1, 0.15) is 0 Å². The summed E-state index contributed by atoms with van der Waals surface area (Å²) in [6.07, 6.45) is 4.37. The molecular formula is C10H15NS. The van der Waals surface area contributed by atoms with E-state index in [2.05, 4.69) is 18.5 Å². The standard InChI is InChI=1S/C8H9NS.C2H6/c1-3-6-5-8(10)9-7(6)4-2;1-2/h3-4H,1-2,5H2,(H,9,10);1-2H3. The zero-order valence-electron chi connectivity index (χ0n) is 7.68. The Morgan fingerprint density at radius 1 is 1.33 bits per heavy atom. The van der Waals surface area contributed by atoms with Crippen molar-refractivity contribution in [1.29, 1.82) is 0 Å². The van der Waals surface area contributed by atoms with Gasteiger partial charge in [0.2, 0.25) is 0 Å². The van der Waals surface area contributed by atoms with Crippen molar-refractivity contribution in [2.75, 3.05) is 0 Å². The molecule has 12 heavy (non-hydrogen) atoms. The van der Waals surface area contributed by atoms with E-state index in [1.165, 1.54) is 0 Å². The molecular weight excluding hydrogens is 166 g/mol. The van der Waals surface area contributed by atoms with E-state index in [0.29, 0.717) is 0 Å². The average Bonchev–Trinajstić information content (AvgIpc) is 2.49. The number of hydrogen-bond acceptors (Lipinski definition) is 1.